The number of hydrogen-bond donors (Lipinski definition) is 1. The molecule has 0 saturated carbocycles. The van der Waals surface area contributed by atoms with Crippen LogP contribution in [0.5, 0.6) is 11.5 Å². The largest absolute Gasteiger partial charge is 0.497 e. The minimum absolute atomic E-state index is 0.0488. The highest BCUT2D eigenvalue weighted by molar-refractivity contribution is 6.30. The molecule has 7 heteroatoms. The second-order valence-corrected chi connectivity index (χ2v) is 9.58. The second kappa shape index (κ2) is 14.3. The molecule has 37 heavy (non-hydrogen) atoms. The predicted molar refractivity (Wildman–Crippen MR) is 147 cm³/mol. The molecule has 3 rings (SSSR count). The van der Waals surface area contributed by atoms with Gasteiger partial charge in [0, 0.05) is 30.5 Å². The van der Waals surface area contributed by atoms with Gasteiger partial charge in [0.15, 0.2) is 0 Å². The minimum atomic E-state index is -0.666. The summed E-state index contributed by atoms with van der Waals surface area (Å²) in [6.07, 6.45) is 1.17. The van der Waals surface area contributed by atoms with E-state index >= 15 is 0 Å². The quantitative estimate of drug-likeness (QED) is 0.294. The zero-order valence-electron chi connectivity index (χ0n) is 21.7. The van der Waals surface area contributed by atoms with E-state index in [1.54, 1.807) is 36.3 Å². The van der Waals surface area contributed by atoms with Gasteiger partial charge in [-0.1, -0.05) is 54.1 Å². The fourth-order valence-electron chi connectivity index (χ4n) is 3.99. The van der Waals surface area contributed by atoms with Gasteiger partial charge in [-0.3, -0.25) is 9.59 Å². The van der Waals surface area contributed by atoms with E-state index in [4.69, 9.17) is 21.1 Å². The number of ether oxygens (including phenoxy) is 2. The highest BCUT2D eigenvalue weighted by Gasteiger charge is 2.30. The van der Waals surface area contributed by atoms with Crippen LogP contribution in [0.2, 0.25) is 5.02 Å². The van der Waals surface area contributed by atoms with Crippen molar-refractivity contribution in [2.75, 3.05) is 13.7 Å². The highest BCUT2D eigenvalue weighted by atomic mass is 35.5. The summed E-state index contributed by atoms with van der Waals surface area (Å²) < 4.78 is 11.1. The molecule has 0 unspecified atom stereocenters. The number of rotatable bonds is 13. The number of nitrogens with one attached hydrogen (secondary N) is 1. The van der Waals surface area contributed by atoms with Crippen LogP contribution in [0.4, 0.5) is 0 Å². The van der Waals surface area contributed by atoms with Gasteiger partial charge >= 0.3 is 0 Å². The van der Waals surface area contributed by atoms with Gasteiger partial charge in [-0.05, 0) is 67.8 Å². The zero-order chi connectivity index (χ0) is 26.6. The van der Waals surface area contributed by atoms with E-state index in [1.165, 1.54) is 0 Å². The summed E-state index contributed by atoms with van der Waals surface area (Å²) >= 11 is 5.93. The van der Waals surface area contributed by atoms with E-state index in [2.05, 4.69) is 5.32 Å². The maximum atomic E-state index is 13.6. The predicted octanol–water partition coefficient (Wildman–Crippen LogP) is 5.67. The third kappa shape index (κ3) is 9.14. The Bertz CT molecular complexity index is 1140. The lowest BCUT2D eigenvalue weighted by Gasteiger charge is -2.32. The van der Waals surface area contributed by atoms with E-state index in [1.807, 2.05) is 68.4 Å². The van der Waals surface area contributed by atoms with Gasteiger partial charge in [0.25, 0.3) is 0 Å². The van der Waals surface area contributed by atoms with Crippen LogP contribution in [0.3, 0.4) is 0 Å². The molecule has 0 saturated heterocycles. The summed E-state index contributed by atoms with van der Waals surface area (Å²) in [5.74, 6) is 1.12. The maximum Gasteiger partial charge on any atom is 0.243 e. The van der Waals surface area contributed by atoms with E-state index in [0.29, 0.717) is 36.0 Å². The number of benzene rings is 3. The molecular weight excluding hydrogens is 488 g/mol. The molecule has 6 nitrogen and oxygen atoms in total. The molecule has 0 aromatic heterocycles. The van der Waals surface area contributed by atoms with Crippen LogP contribution in [-0.2, 0) is 22.6 Å². The number of carbonyl (C=O) groups excluding carboxylic acids is 2. The van der Waals surface area contributed by atoms with Gasteiger partial charge < -0.3 is 19.7 Å². The molecule has 0 heterocycles. The number of nitrogens with zero attached hydrogens (tertiary/aromatic N) is 1. The Hall–Kier alpha value is -3.51. The Morgan fingerprint density at radius 1 is 0.919 bits per heavy atom. The number of carbonyl (C=O) groups is 2. The third-order valence-electron chi connectivity index (χ3n) is 5.81. The van der Waals surface area contributed by atoms with Gasteiger partial charge in [0.05, 0.1) is 13.7 Å². The van der Waals surface area contributed by atoms with Crippen LogP contribution >= 0.6 is 11.6 Å². The van der Waals surface area contributed by atoms with Crippen LogP contribution in [0, 0.1) is 0 Å². The van der Waals surface area contributed by atoms with Crippen LogP contribution in [0.1, 0.15) is 37.8 Å². The Labute approximate surface area is 224 Å². The molecule has 196 valence electrons. The van der Waals surface area contributed by atoms with Crippen molar-refractivity contribution in [2.45, 2.75) is 51.7 Å². The lowest BCUT2D eigenvalue weighted by atomic mass is 10.0. The number of amides is 2. The molecule has 0 aliphatic carbocycles. The lowest BCUT2D eigenvalue weighted by Crippen LogP contribution is -2.51. The van der Waals surface area contributed by atoms with Crippen LogP contribution in [0.15, 0.2) is 78.9 Å². The van der Waals surface area contributed by atoms with Crippen molar-refractivity contribution in [1.29, 1.82) is 0 Å². The van der Waals surface area contributed by atoms with Crippen molar-refractivity contribution < 1.29 is 19.1 Å². The smallest absolute Gasteiger partial charge is 0.243 e. The maximum absolute atomic E-state index is 13.6. The molecule has 0 aliphatic heterocycles. The molecule has 3 aromatic rings. The van der Waals surface area contributed by atoms with Crippen molar-refractivity contribution in [3.8, 4) is 11.5 Å². The number of halogens is 1. The van der Waals surface area contributed by atoms with Gasteiger partial charge in [0.1, 0.15) is 17.5 Å². The topological polar surface area (TPSA) is 67.9 Å². The Morgan fingerprint density at radius 2 is 1.62 bits per heavy atom. The molecule has 0 radical (unpaired) electrons. The summed E-state index contributed by atoms with van der Waals surface area (Å²) in [5, 5.41) is 3.65. The second-order valence-electron chi connectivity index (χ2n) is 9.15. The summed E-state index contributed by atoms with van der Waals surface area (Å²) in [4.78, 5) is 28.7. The first-order valence-corrected chi connectivity index (χ1v) is 12.9. The van der Waals surface area contributed by atoms with Gasteiger partial charge in [-0.15, -0.1) is 0 Å². The van der Waals surface area contributed by atoms with E-state index < -0.39 is 6.04 Å². The highest BCUT2D eigenvalue weighted by Crippen LogP contribution is 2.20. The van der Waals surface area contributed by atoms with Crippen molar-refractivity contribution >= 4 is 23.4 Å². The average molecular weight is 523 g/mol. The molecule has 1 N–H and O–H groups in total. The zero-order valence-corrected chi connectivity index (χ0v) is 22.4. The summed E-state index contributed by atoms with van der Waals surface area (Å²) in [7, 11) is 1.61. The van der Waals surface area contributed by atoms with Gasteiger partial charge in [0.2, 0.25) is 11.8 Å². The molecule has 3 aromatic carbocycles. The number of methoxy groups -OCH3 is 1. The number of hydrogen-bond acceptors (Lipinski definition) is 4. The van der Waals surface area contributed by atoms with Crippen LogP contribution in [0.25, 0.3) is 0 Å². The van der Waals surface area contributed by atoms with Crippen molar-refractivity contribution in [2.24, 2.45) is 0 Å². The first-order chi connectivity index (χ1) is 17.9. The Kier molecular flexibility index (Phi) is 10.8. The molecular formula is C30H35ClN2O4. The first kappa shape index (κ1) is 28.1. The van der Waals surface area contributed by atoms with Gasteiger partial charge in [-0.2, -0.15) is 0 Å². The van der Waals surface area contributed by atoms with Crippen molar-refractivity contribution in [3.63, 3.8) is 0 Å². The molecule has 0 aliphatic rings. The fraction of sp³-hybridized carbons (Fsp3) is 0.333. The monoisotopic (exact) mass is 522 g/mol. The SMILES string of the molecule is COc1cccc(CN(C(=O)CCCOc2ccc(Cl)cc2)[C@@H](Cc2ccccc2)C(=O)NC(C)C)c1. The molecule has 1 atom stereocenters. The Morgan fingerprint density at radius 3 is 2.30 bits per heavy atom. The molecule has 0 bridgehead atoms. The summed E-state index contributed by atoms with van der Waals surface area (Å²) in [6, 6.07) is 23.7. The van der Waals surface area contributed by atoms with E-state index in [-0.39, 0.29) is 30.8 Å². The van der Waals surface area contributed by atoms with Crippen LogP contribution in [-0.4, -0.2) is 42.5 Å². The molecule has 0 fully saturated rings. The molecule has 0 spiro atoms. The van der Waals surface area contributed by atoms with Gasteiger partial charge in [-0.25, -0.2) is 0 Å². The third-order valence-corrected chi connectivity index (χ3v) is 6.06. The van der Waals surface area contributed by atoms with E-state index in [9.17, 15) is 9.59 Å². The summed E-state index contributed by atoms with van der Waals surface area (Å²) in [5.41, 5.74) is 1.88. The normalized spacial score (nSPS) is 11.6. The summed E-state index contributed by atoms with van der Waals surface area (Å²) in [6.45, 7) is 4.50. The van der Waals surface area contributed by atoms with Crippen LogP contribution < -0.4 is 14.8 Å². The first-order valence-electron chi connectivity index (χ1n) is 12.5. The van der Waals surface area contributed by atoms with Crippen molar-refractivity contribution in [3.05, 3.63) is 95.0 Å². The standard InChI is InChI=1S/C30H35ClN2O4/c1-22(2)32-30(35)28(20-23-9-5-4-6-10-23)33(21-24-11-7-12-27(19-24)36-3)29(34)13-8-18-37-26-16-14-25(31)15-17-26/h4-7,9-12,14-17,19,22,28H,8,13,18,20-21H2,1-3H3,(H,32,35)/t28-/m0/s1. The lowest BCUT2D eigenvalue weighted by molar-refractivity contribution is -0.141. The average Bonchev–Trinajstić information content (AvgIpc) is 2.89. The minimum Gasteiger partial charge on any atom is -0.497 e. The van der Waals surface area contributed by atoms with Crippen molar-refractivity contribution in [1.82, 2.24) is 10.2 Å². The van der Waals surface area contributed by atoms with E-state index in [0.717, 1.165) is 11.1 Å². The Balaban J connectivity index is 1.80. The molecule has 2 amide bonds. The fourth-order valence-corrected chi connectivity index (χ4v) is 4.12.